The Labute approximate surface area is 439 Å². The number of azo groups is 2. The van der Waals surface area contributed by atoms with E-state index in [0.29, 0.717) is 23.9 Å². The molecule has 33 heteroatoms. The minimum atomic E-state index is -5.67. The Bertz CT molecular complexity index is 3510. The minimum Gasteiger partial charge on any atom is -0.744 e. The molecule has 0 radical (unpaired) electrons. The number of nitro groups is 1. The summed E-state index contributed by atoms with van der Waals surface area (Å²) in [6.07, 6.45) is 2.43. The predicted octanol–water partition coefficient (Wildman–Crippen LogP) is -7.38. The summed E-state index contributed by atoms with van der Waals surface area (Å²) >= 11 is 0. The number of fused-ring (bicyclic) bond motifs is 1. The zero-order chi connectivity index (χ0) is 47.8. The zero-order valence-corrected chi connectivity index (χ0v) is 39.3. The maximum atomic E-state index is 13.9. The molecule has 1 aliphatic carbocycles. The first kappa shape index (κ1) is 59.9. The summed E-state index contributed by atoms with van der Waals surface area (Å²) in [5.41, 5.74) is 14.4. The van der Waals surface area contributed by atoms with E-state index in [1.54, 1.807) is 0 Å². The van der Waals surface area contributed by atoms with Gasteiger partial charge in [-0.2, -0.15) is 15.3 Å². The van der Waals surface area contributed by atoms with E-state index in [1.807, 2.05) is 0 Å². The largest absolute Gasteiger partial charge is 1.00 e. The van der Waals surface area contributed by atoms with Crippen LogP contribution < -0.4 is 98.1 Å². The van der Waals surface area contributed by atoms with Crippen molar-refractivity contribution in [2.45, 2.75) is 14.7 Å². The van der Waals surface area contributed by atoms with Gasteiger partial charge >= 0.3 is 75.4 Å². The third-order valence-electron chi connectivity index (χ3n) is 8.77. The second-order valence-corrected chi connectivity index (χ2v) is 18.5. The molecule has 0 aliphatic heterocycles. The number of nitrogens with one attached hydrogen (secondary N) is 1. The average molecular weight is 993 g/mol. The van der Waals surface area contributed by atoms with Crippen LogP contribution in [0.15, 0.2) is 130 Å². The van der Waals surface area contributed by atoms with E-state index in [9.17, 15) is 66.8 Å². The zero-order valence-electron chi connectivity index (χ0n) is 36.0. The normalized spacial score (nSPS) is 13.5. The van der Waals surface area contributed by atoms with Gasteiger partial charge in [-0.3, -0.25) is 20.3 Å². The molecule has 69 heavy (non-hydrogen) atoms. The molecule has 0 aromatic heterocycles. The van der Waals surface area contributed by atoms with Crippen LogP contribution in [0, 0.1) is 10.1 Å². The van der Waals surface area contributed by atoms with Crippen molar-refractivity contribution in [1.29, 1.82) is 0 Å². The summed E-state index contributed by atoms with van der Waals surface area (Å²) < 4.78 is 148. The van der Waals surface area contributed by atoms with E-state index >= 15 is 0 Å². The van der Waals surface area contributed by atoms with Crippen molar-refractivity contribution in [2.24, 2.45) is 25.6 Å². The van der Waals surface area contributed by atoms with Gasteiger partial charge < -0.3 is 35.4 Å². The average Bonchev–Trinajstić information content (AvgIpc) is 3.20. The molecule has 5 aromatic carbocycles. The molecule has 0 atom stereocenters. The van der Waals surface area contributed by atoms with Crippen molar-refractivity contribution in [3.05, 3.63) is 122 Å². The molecule has 1 aliphatic rings. The molecule has 0 unspecified atom stereocenters. The van der Waals surface area contributed by atoms with Crippen molar-refractivity contribution in [3.8, 4) is 0 Å². The van der Waals surface area contributed by atoms with Gasteiger partial charge in [0, 0.05) is 17.8 Å². The van der Waals surface area contributed by atoms with E-state index < -0.39 is 105 Å². The number of non-ortho nitro benzene ring substituents is 1. The molecular formula is C36H24Li4N10O15S4. The number of nitro benzene ring substituents is 1. The Balaban J connectivity index is 0.00000408. The van der Waals surface area contributed by atoms with Crippen LogP contribution in [0.5, 0.6) is 0 Å². The van der Waals surface area contributed by atoms with Gasteiger partial charge in [0.15, 0.2) is 0 Å². The standard InChI is InChI=1S/C36H28N10O15S4.4Li/c37-21-5-12-27(26(38)15-21)43-41-23-6-3-18(28(16-23)62(50,51)52)1-2-19-4-7-24(17-29(19)63(53,54)55)42-45-35-31(65(59,60)61)14-20-13-30(64(56,57)58)34(33(39)32(20)36(35)47)44-40-22-8-10-25(11-9-22)46(48)49;;;;/h1-17,42H,37-39H2,(H,50,51,52)(H,53,54,55)(H,56,57,58)(H,59,60,61);;;;/q;4*+1/p-4/b2-1+,43-41?,44-40?,45-35-;;;;. The van der Waals surface area contributed by atoms with Crippen molar-refractivity contribution in [1.82, 2.24) is 0 Å². The molecule has 0 heterocycles. The maximum absolute atomic E-state index is 13.9. The van der Waals surface area contributed by atoms with Crippen molar-refractivity contribution < 1.29 is 137 Å². The molecule has 25 nitrogen and oxygen atoms in total. The first-order chi connectivity index (χ1) is 30.2. The van der Waals surface area contributed by atoms with Crippen LogP contribution in [-0.4, -0.2) is 68.3 Å². The summed E-state index contributed by atoms with van der Waals surface area (Å²) in [6.45, 7) is 0. The van der Waals surface area contributed by atoms with E-state index in [0.717, 1.165) is 60.7 Å². The predicted molar refractivity (Wildman–Crippen MR) is 226 cm³/mol. The molecule has 336 valence electrons. The molecule has 7 N–H and O–H groups in total. The third kappa shape index (κ3) is 14.2. The molecule has 0 saturated carbocycles. The van der Waals surface area contributed by atoms with Gasteiger partial charge in [0.2, 0.25) is 5.78 Å². The van der Waals surface area contributed by atoms with E-state index in [4.69, 9.17) is 17.2 Å². The van der Waals surface area contributed by atoms with Crippen molar-refractivity contribution >= 4 is 121 Å². The number of hydrazone groups is 1. The van der Waals surface area contributed by atoms with Crippen LogP contribution in [0.2, 0.25) is 0 Å². The van der Waals surface area contributed by atoms with E-state index in [2.05, 4.69) is 31.0 Å². The summed E-state index contributed by atoms with van der Waals surface area (Å²) in [6, 6.07) is 15.0. The summed E-state index contributed by atoms with van der Waals surface area (Å²) in [5, 5.41) is 29.8. The number of nitrogens with two attached hydrogens (primary N) is 3. The van der Waals surface area contributed by atoms with Gasteiger partial charge in [-0.25, -0.2) is 33.7 Å². The second-order valence-electron chi connectivity index (χ2n) is 13.1. The molecule has 0 saturated heterocycles. The topological polar surface area (TPSA) is 441 Å². The Kier molecular flexibility index (Phi) is 20.1. The minimum absolute atomic E-state index is 0. The Morgan fingerprint density at radius 3 is 1.67 bits per heavy atom. The molecule has 6 rings (SSSR count). The smallest absolute Gasteiger partial charge is 0.744 e. The molecule has 0 amide bonds. The van der Waals surface area contributed by atoms with Crippen LogP contribution in [0.4, 0.5) is 51.2 Å². The summed E-state index contributed by atoms with van der Waals surface area (Å²) in [5.74, 6) is -1.47. The van der Waals surface area contributed by atoms with Crippen molar-refractivity contribution in [3.63, 3.8) is 0 Å². The SMILES string of the molecule is Nc1ccc(N=Nc2ccc(/C=C/c3ccc(N/N=C4\C(=O)c5c(cc(S(=O)(=O)[O-])c(N=Nc6ccc([N+](=O)[O-])cc6)c5N)C=C4S(=O)(=O)[O-])cc3S(=O)(=O)[O-])c(S(=O)(=O)[O-])c2)c(N)c1.[Li+].[Li+].[Li+].[Li+]. The van der Waals surface area contributed by atoms with Gasteiger partial charge in [-0.15, -0.1) is 10.2 Å². The quantitative estimate of drug-likeness (QED) is 0.0162. The molecule has 0 bridgehead atoms. The Hall–Kier alpha value is -5.25. The van der Waals surface area contributed by atoms with Gasteiger partial charge in [-0.1, -0.05) is 24.3 Å². The molecular weight excluding hydrogens is 968 g/mol. The van der Waals surface area contributed by atoms with Crippen LogP contribution >= 0.6 is 0 Å². The monoisotopic (exact) mass is 992 g/mol. The fourth-order valence-electron chi connectivity index (χ4n) is 5.81. The first-order valence-corrected chi connectivity index (χ1v) is 23.0. The van der Waals surface area contributed by atoms with Gasteiger partial charge in [0.25, 0.3) is 5.69 Å². The number of benzene rings is 5. The number of nitrogens with zero attached hydrogens (tertiary/aromatic N) is 6. The van der Waals surface area contributed by atoms with E-state index in [1.165, 1.54) is 24.3 Å². The summed E-state index contributed by atoms with van der Waals surface area (Å²) in [4.78, 5) is 19.7. The number of anilines is 4. The van der Waals surface area contributed by atoms with Crippen LogP contribution in [-0.2, 0) is 40.5 Å². The number of allylic oxidation sites excluding steroid dienone is 1. The number of hydrogen-bond donors (Lipinski definition) is 4. The fourth-order valence-corrected chi connectivity index (χ4v) is 8.50. The van der Waals surface area contributed by atoms with Gasteiger partial charge in [0.05, 0.1) is 58.5 Å². The number of ketones is 1. The number of carbonyl (C=O) groups is 1. The Morgan fingerprint density at radius 1 is 0.594 bits per heavy atom. The number of nitrogen functional groups attached to an aromatic ring is 3. The number of carbonyl (C=O) groups excluding carboxylic acids is 1. The number of Topliss-reactive ketones (excluding diaryl/α,β-unsaturated/α-hetero) is 1. The van der Waals surface area contributed by atoms with Crippen LogP contribution in [0.1, 0.15) is 27.0 Å². The van der Waals surface area contributed by atoms with Crippen LogP contribution in [0.25, 0.3) is 18.2 Å². The number of rotatable bonds is 13. The summed E-state index contributed by atoms with van der Waals surface area (Å²) in [7, 11) is -21.8. The molecule has 0 spiro atoms. The Morgan fingerprint density at radius 2 is 1.13 bits per heavy atom. The third-order valence-corrected chi connectivity index (χ3v) is 12.3. The van der Waals surface area contributed by atoms with Crippen LogP contribution in [0.3, 0.4) is 0 Å². The van der Waals surface area contributed by atoms with Crippen molar-refractivity contribution in [2.75, 3.05) is 22.6 Å². The number of hydrogen-bond acceptors (Lipinski definition) is 24. The fraction of sp³-hybridized carbons (Fsp3) is 0. The molecule has 0 fully saturated rings. The van der Waals surface area contributed by atoms with Gasteiger partial charge in [-0.05, 0) is 83.4 Å². The second kappa shape index (κ2) is 23.1. The van der Waals surface area contributed by atoms with E-state index in [-0.39, 0.29) is 115 Å². The maximum Gasteiger partial charge on any atom is 1.00 e. The van der Waals surface area contributed by atoms with Gasteiger partial charge in [0.1, 0.15) is 57.6 Å². The first-order valence-electron chi connectivity index (χ1n) is 17.3. The molecule has 5 aromatic rings.